The van der Waals surface area contributed by atoms with Gasteiger partial charge >= 0.3 is 5.97 Å². The molecule has 1 atom stereocenters. The Kier molecular flexibility index (Phi) is 7.36. The van der Waals surface area contributed by atoms with Gasteiger partial charge in [0.15, 0.2) is 0 Å². The molecule has 0 spiro atoms. The number of hydrogen-bond donors (Lipinski definition) is 1. The summed E-state index contributed by atoms with van der Waals surface area (Å²) < 4.78 is 0. The molecule has 0 bridgehead atoms. The third-order valence-electron chi connectivity index (χ3n) is 2.21. The molecule has 0 aliphatic carbocycles. The highest BCUT2D eigenvalue weighted by Gasteiger charge is 2.14. The second-order valence-electron chi connectivity index (χ2n) is 3.41. The van der Waals surface area contributed by atoms with E-state index in [0.717, 1.165) is 19.3 Å². The number of carbonyl (C=O) groups is 1. The molecule has 0 heterocycles. The van der Waals surface area contributed by atoms with Gasteiger partial charge in [0.05, 0.1) is 5.92 Å². The quantitative estimate of drug-likeness (QED) is 0.464. The minimum atomic E-state index is -0.684. The summed E-state index contributed by atoms with van der Waals surface area (Å²) >= 11 is 0. The average molecular weight is 184 g/mol. The van der Waals surface area contributed by atoms with E-state index in [9.17, 15) is 4.79 Å². The summed E-state index contributed by atoms with van der Waals surface area (Å²) in [6.07, 6.45) is 7.66. The van der Waals surface area contributed by atoms with Crippen LogP contribution in [0.25, 0.3) is 0 Å². The number of rotatable bonds is 8. The van der Waals surface area contributed by atoms with Gasteiger partial charge in [0.1, 0.15) is 0 Å². The van der Waals surface area contributed by atoms with Crippen LogP contribution in [-0.4, -0.2) is 11.1 Å². The molecule has 0 aromatic heterocycles. The van der Waals surface area contributed by atoms with Crippen molar-refractivity contribution in [2.45, 2.75) is 45.4 Å². The van der Waals surface area contributed by atoms with Gasteiger partial charge in [-0.05, 0) is 12.8 Å². The molecule has 1 N–H and O–H groups in total. The topological polar surface area (TPSA) is 37.3 Å². The van der Waals surface area contributed by atoms with E-state index in [0.29, 0.717) is 6.42 Å². The van der Waals surface area contributed by atoms with E-state index in [1.165, 1.54) is 12.8 Å². The smallest absolute Gasteiger partial charge is 0.306 e. The molecule has 0 saturated heterocycles. The highest BCUT2D eigenvalue weighted by molar-refractivity contribution is 5.70. The maximum Gasteiger partial charge on any atom is 0.306 e. The predicted octanol–water partition coefficient (Wildman–Crippen LogP) is 3.23. The van der Waals surface area contributed by atoms with E-state index in [1.54, 1.807) is 6.08 Å². The van der Waals surface area contributed by atoms with Crippen molar-refractivity contribution in [3.63, 3.8) is 0 Å². The van der Waals surface area contributed by atoms with Crippen molar-refractivity contribution in [2.24, 2.45) is 5.92 Å². The van der Waals surface area contributed by atoms with Crippen molar-refractivity contribution in [1.82, 2.24) is 0 Å². The fraction of sp³-hybridized carbons (Fsp3) is 0.727. The molecule has 0 rings (SSSR count). The van der Waals surface area contributed by atoms with Gasteiger partial charge in [-0.15, -0.1) is 6.58 Å². The fourth-order valence-electron chi connectivity index (χ4n) is 1.36. The summed E-state index contributed by atoms with van der Waals surface area (Å²) in [7, 11) is 0. The summed E-state index contributed by atoms with van der Waals surface area (Å²) in [6.45, 7) is 5.72. The van der Waals surface area contributed by atoms with Crippen LogP contribution in [-0.2, 0) is 4.79 Å². The normalized spacial score (nSPS) is 12.4. The maximum absolute atomic E-state index is 10.7. The first-order valence-electron chi connectivity index (χ1n) is 5.06. The number of unbranched alkanes of at least 4 members (excludes halogenated alkanes) is 3. The third-order valence-corrected chi connectivity index (χ3v) is 2.21. The van der Waals surface area contributed by atoms with Crippen LogP contribution in [0.2, 0.25) is 0 Å². The maximum atomic E-state index is 10.7. The zero-order valence-electron chi connectivity index (χ0n) is 8.46. The number of aliphatic carboxylic acids is 1. The first-order chi connectivity index (χ1) is 6.22. The van der Waals surface area contributed by atoms with Gasteiger partial charge in [-0.25, -0.2) is 0 Å². The van der Waals surface area contributed by atoms with E-state index in [4.69, 9.17) is 5.11 Å². The van der Waals surface area contributed by atoms with Crippen LogP contribution in [0.4, 0.5) is 0 Å². The summed E-state index contributed by atoms with van der Waals surface area (Å²) in [6, 6.07) is 0. The first kappa shape index (κ1) is 12.2. The fourth-order valence-corrected chi connectivity index (χ4v) is 1.36. The molecule has 13 heavy (non-hydrogen) atoms. The van der Waals surface area contributed by atoms with Crippen LogP contribution in [0, 0.1) is 5.92 Å². The zero-order chi connectivity index (χ0) is 10.1. The van der Waals surface area contributed by atoms with E-state index in [-0.39, 0.29) is 5.92 Å². The summed E-state index contributed by atoms with van der Waals surface area (Å²) in [5.41, 5.74) is 0. The lowest BCUT2D eigenvalue weighted by molar-refractivity contribution is -0.141. The predicted molar refractivity (Wildman–Crippen MR) is 54.7 cm³/mol. The SMILES string of the molecule is C=CC[C@H](CCCCCC)C(=O)O. The van der Waals surface area contributed by atoms with E-state index in [2.05, 4.69) is 13.5 Å². The van der Waals surface area contributed by atoms with E-state index < -0.39 is 5.97 Å². The lowest BCUT2D eigenvalue weighted by Gasteiger charge is -2.08. The Balaban J connectivity index is 3.56. The third kappa shape index (κ3) is 6.38. The molecule has 0 aromatic rings. The summed E-state index contributed by atoms with van der Waals surface area (Å²) in [5, 5.41) is 8.81. The van der Waals surface area contributed by atoms with Crippen LogP contribution in [0.15, 0.2) is 12.7 Å². The highest BCUT2D eigenvalue weighted by Crippen LogP contribution is 2.14. The van der Waals surface area contributed by atoms with Gasteiger partial charge in [0, 0.05) is 0 Å². The minimum absolute atomic E-state index is 0.214. The van der Waals surface area contributed by atoms with Gasteiger partial charge in [-0.2, -0.15) is 0 Å². The molecule has 2 heteroatoms. The number of carboxylic acids is 1. The van der Waals surface area contributed by atoms with Gasteiger partial charge in [0.25, 0.3) is 0 Å². The second-order valence-corrected chi connectivity index (χ2v) is 3.41. The van der Waals surface area contributed by atoms with Crippen LogP contribution >= 0.6 is 0 Å². The van der Waals surface area contributed by atoms with Crippen LogP contribution in [0.5, 0.6) is 0 Å². The largest absolute Gasteiger partial charge is 0.481 e. The molecular weight excluding hydrogens is 164 g/mol. The monoisotopic (exact) mass is 184 g/mol. The molecule has 0 aromatic carbocycles. The Morgan fingerprint density at radius 3 is 2.62 bits per heavy atom. The summed E-state index contributed by atoms with van der Waals surface area (Å²) in [5.74, 6) is -0.897. The minimum Gasteiger partial charge on any atom is -0.481 e. The Morgan fingerprint density at radius 2 is 2.15 bits per heavy atom. The second kappa shape index (κ2) is 7.84. The molecule has 0 unspecified atom stereocenters. The lowest BCUT2D eigenvalue weighted by atomic mass is 9.98. The van der Waals surface area contributed by atoms with Crippen molar-refractivity contribution in [1.29, 1.82) is 0 Å². The Labute approximate surface area is 80.7 Å². The van der Waals surface area contributed by atoms with Crippen LogP contribution < -0.4 is 0 Å². The van der Waals surface area contributed by atoms with Crippen molar-refractivity contribution < 1.29 is 9.90 Å². The Hall–Kier alpha value is -0.790. The average Bonchev–Trinajstić information content (AvgIpc) is 2.10. The van der Waals surface area contributed by atoms with Crippen LogP contribution in [0.3, 0.4) is 0 Å². The molecule has 0 aliphatic heterocycles. The molecular formula is C11H20O2. The zero-order valence-corrected chi connectivity index (χ0v) is 8.46. The molecule has 0 fully saturated rings. The van der Waals surface area contributed by atoms with Gasteiger partial charge in [0.2, 0.25) is 0 Å². The Bertz CT molecular complexity index is 152. The number of hydrogen-bond acceptors (Lipinski definition) is 1. The number of carboxylic acid groups (broad SMARTS) is 1. The molecule has 0 radical (unpaired) electrons. The van der Waals surface area contributed by atoms with Crippen molar-refractivity contribution in [3.8, 4) is 0 Å². The van der Waals surface area contributed by atoms with Crippen LogP contribution in [0.1, 0.15) is 45.4 Å². The first-order valence-corrected chi connectivity index (χ1v) is 5.06. The molecule has 0 aliphatic rings. The van der Waals surface area contributed by atoms with Crippen molar-refractivity contribution in [2.75, 3.05) is 0 Å². The Morgan fingerprint density at radius 1 is 1.46 bits per heavy atom. The molecule has 76 valence electrons. The summed E-state index contributed by atoms with van der Waals surface area (Å²) in [4.78, 5) is 10.7. The van der Waals surface area contributed by atoms with Gasteiger partial charge in [-0.1, -0.05) is 38.7 Å². The molecule has 0 saturated carbocycles. The molecule has 0 amide bonds. The van der Waals surface area contributed by atoms with Gasteiger partial charge in [-0.3, -0.25) is 4.79 Å². The van der Waals surface area contributed by atoms with E-state index >= 15 is 0 Å². The van der Waals surface area contributed by atoms with Crippen molar-refractivity contribution in [3.05, 3.63) is 12.7 Å². The molecule has 2 nitrogen and oxygen atoms in total. The standard InChI is InChI=1S/C11H20O2/c1-3-5-6-7-9-10(8-4-2)11(12)13/h4,10H,2-3,5-9H2,1H3,(H,12,13)/t10-/m1/s1. The number of allylic oxidation sites excluding steroid dienone is 1. The highest BCUT2D eigenvalue weighted by atomic mass is 16.4. The van der Waals surface area contributed by atoms with Gasteiger partial charge < -0.3 is 5.11 Å². The van der Waals surface area contributed by atoms with Crippen molar-refractivity contribution >= 4 is 5.97 Å². The lowest BCUT2D eigenvalue weighted by Crippen LogP contribution is -2.12. The van der Waals surface area contributed by atoms with E-state index in [1.807, 2.05) is 0 Å².